The molecule has 0 aliphatic heterocycles. The summed E-state index contributed by atoms with van der Waals surface area (Å²) in [6.45, 7) is 0. The molecular weight excluding hydrogens is 279 g/mol. The van der Waals surface area contributed by atoms with E-state index in [4.69, 9.17) is 0 Å². The summed E-state index contributed by atoms with van der Waals surface area (Å²) in [6.07, 6.45) is -2.20. The number of benzene rings is 2. The molecule has 0 aliphatic carbocycles. The summed E-state index contributed by atoms with van der Waals surface area (Å²) < 4.78 is 39.2. The molecule has 1 aromatic heterocycles. The molecule has 1 heterocycles. The fourth-order valence-corrected chi connectivity index (χ4v) is 2.39. The number of rotatable bonds is 2. The molecule has 1 N–H and O–H groups in total. The minimum atomic E-state index is -4.42. The molecule has 21 heavy (non-hydrogen) atoms. The first kappa shape index (κ1) is 13.4. The Kier molecular flexibility index (Phi) is 3.05. The topological polar surface area (TPSA) is 32.9 Å². The van der Waals surface area contributed by atoms with Crippen LogP contribution in [0.2, 0.25) is 0 Å². The Labute approximate surface area is 118 Å². The zero-order chi connectivity index (χ0) is 15.0. The van der Waals surface area contributed by atoms with Crippen molar-refractivity contribution in [1.82, 2.24) is 4.98 Å². The second kappa shape index (κ2) is 4.77. The SMILES string of the molecule is O=Cc1c[nH]c2ccc(-c3ccccc3C(F)(F)F)cc12. The van der Waals surface area contributed by atoms with E-state index in [-0.39, 0.29) is 5.56 Å². The van der Waals surface area contributed by atoms with E-state index in [0.717, 1.165) is 6.07 Å². The van der Waals surface area contributed by atoms with E-state index in [1.807, 2.05) is 0 Å². The molecule has 3 rings (SSSR count). The molecule has 0 radical (unpaired) electrons. The van der Waals surface area contributed by atoms with E-state index in [1.54, 1.807) is 24.3 Å². The van der Waals surface area contributed by atoms with Gasteiger partial charge in [-0.1, -0.05) is 24.3 Å². The van der Waals surface area contributed by atoms with Crippen molar-refractivity contribution in [3.8, 4) is 11.1 Å². The van der Waals surface area contributed by atoms with Crippen LogP contribution >= 0.6 is 0 Å². The van der Waals surface area contributed by atoms with E-state index in [0.29, 0.717) is 28.3 Å². The molecule has 0 amide bonds. The highest BCUT2D eigenvalue weighted by molar-refractivity contribution is 5.99. The number of halogens is 3. The highest BCUT2D eigenvalue weighted by atomic mass is 19.4. The van der Waals surface area contributed by atoms with Gasteiger partial charge in [-0.2, -0.15) is 13.2 Å². The maximum Gasteiger partial charge on any atom is 0.417 e. The minimum absolute atomic E-state index is 0.102. The average Bonchev–Trinajstić information content (AvgIpc) is 2.88. The Hall–Kier alpha value is -2.56. The summed E-state index contributed by atoms with van der Waals surface area (Å²) in [5.41, 5.74) is 0.984. The number of carbonyl (C=O) groups is 1. The van der Waals surface area contributed by atoms with Crippen LogP contribution in [0.5, 0.6) is 0 Å². The zero-order valence-electron chi connectivity index (χ0n) is 10.7. The van der Waals surface area contributed by atoms with Gasteiger partial charge in [0.05, 0.1) is 5.56 Å². The van der Waals surface area contributed by atoms with E-state index in [2.05, 4.69) is 4.98 Å². The molecule has 0 spiro atoms. The van der Waals surface area contributed by atoms with Crippen LogP contribution < -0.4 is 0 Å². The maximum absolute atomic E-state index is 13.1. The molecule has 0 atom stereocenters. The number of hydrogen-bond acceptors (Lipinski definition) is 1. The molecular formula is C16H10F3NO. The number of nitrogens with one attached hydrogen (secondary N) is 1. The predicted octanol–water partition coefficient (Wildman–Crippen LogP) is 4.67. The molecule has 0 bridgehead atoms. The lowest BCUT2D eigenvalue weighted by molar-refractivity contribution is -0.137. The Morgan fingerprint density at radius 3 is 2.52 bits per heavy atom. The van der Waals surface area contributed by atoms with Crippen LogP contribution in [0.4, 0.5) is 13.2 Å². The summed E-state index contributed by atoms with van der Waals surface area (Å²) in [5, 5.41) is 0.611. The molecule has 106 valence electrons. The summed E-state index contributed by atoms with van der Waals surface area (Å²) in [4.78, 5) is 13.9. The number of alkyl halides is 3. The van der Waals surface area contributed by atoms with Gasteiger partial charge in [0.1, 0.15) is 0 Å². The first-order chi connectivity index (χ1) is 10.0. The lowest BCUT2D eigenvalue weighted by Crippen LogP contribution is -2.06. The summed E-state index contributed by atoms with van der Waals surface area (Å²) in [7, 11) is 0. The molecule has 0 unspecified atom stereocenters. The van der Waals surface area contributed by atoms with Gasteiger partial charge in [0.25, 0.3) is 0 Å². The van der Waals surface area contributed by atoms with E-state index in [1.165, 1.54) is 18.3 Å². The number of aldehydes is 1. The maximum atomic E-state index is 13.1. The van der Waals surface area contributed by atoms with E-state index < -0.39 is 11.7 Å². The van der Waals surface area contributed by atoms with Crippen molar-refractivity contribution < 1.29 is 18.0 Å². The number of H-pyrrole nitrogens is 1. The van der Waals surface area contributed by atoms with Gasteiger partial charge in [-0.25, -0.2) is 0 Å². The normalized spacial score (nSPS) is 11.8. The third-order valence-electron chi connectivity index (χ3n) is 3.38. The Balaban J connectivity index is 2.23. The van der Waals surface area contributed by atoms with Crippen LogP contribution in [0.1, 0.15) is 15.9 Å². The number of fused-ring (bicyclic) bond motifs is 1. The molecule has 2 aromatic carbocycles. The third kappa shape index (κ3) is 2.31. The largest absolute Gasteiger partial charge is 0.417 e. The molecule has 3 aromatic rings. The molecule has 5 heteroatoms. The van der Waals surface area contributed by atoms with Crippen LogP contribution in [0, 0.1) is 0 Å². The van der Waals surface area contributed by atoms with Crippen molar-refractivity contribution in [3.05, 3.63) is 59.8 Å². The lowest BCUT2D eigenvalue weighted by atomic mass is 9.97. The fraction of sp³-hybridized carbons (Fsp3) is 0.0625. The summed E-state index contributed by atoms with van der Waals surface area (Å²) >= 11 is 0. The van der Waals surface area contributed by atoms with Crippen molar-refractivity contribution in [1.29, 1.82) is 0 Å². The molecule has 0 aliphatic rings. The van der Waals surface area contributed by atoms with Gasteiger partial charge >= 0.3 is 6.18 Å². The van der Waals surface area contributed by atoms with Crippen molar-refractivity contribution in [3.63, 3.8) is 0 Å². The van der Waals surface area contributed by atoms with Crippen molar-refractivity contribution in [2.75, 3.05) is 0 Å². The van der Waals surface area contributed by atoms with Gasteiger partial charge < -0.3 is 4.98 Å². The van der Waals surface area contributed by atoms with Crippen molar-refractivity contribution >= 4 is 17.2 Å². The van der Waals surface area contributed by atoms with Gasteiger partial charge in [0.2, 0.25) is 0 Å². The van der Waals surface area contributed by atoms with Gasteiger partial charge in [0, 0.05) is 22.7 Å². The Morgan fingerprint density at radius 2 is 1.81 bits per heavy atom. The monoisotopic (exact) mass is 289 g/mol. The van der Waals surface area contributed by atoms with Crippen molar-refractivity contribution in [2.24, 2.45) is 0 Å². The Morgan fingerprint density at radius 1 is 1.05 bits per heavy atom. The number of aromatic amines is 1. The first-order valence-electron chi connectivity index (χ1n) is 6.23. The number of aromatic nitrogens is 1. The van der Waals surface area contributed by atoms with Gasteiger partial charge in [0.15, 0.2) is 6.29 Å². The van der Waals surface area contributed by atoms with Gasteiger partial charge in [-0.3, -0.25) is 4.79 Å². The van der Waals surface area contributed by atoms with Crippen molar-refractivity contribution in [2.45, 2.75) is 6.18 Å². The van der Waals surface area contributed by atoms with Crippen LogP contribution in [-0.2, 0) is 6.18 Å². The quantitative estimate of drug-likeness (QED) is 0.683. The average molecular weight is 289 g/mol. The zero-order valence-corrected chi connectivity index (χ0v) is 10.7. The Bertz CT molecular complexity index is 818. The first-order valence-corrected chi connectivity index (χ1v) is 6.23. The number of carbonyl (C=O) groups excluding carboxylic acids is 1. The van der Waals surface area contributed by atoms with Crippen LogP contribution in [0.15, 0.2) is 48.7 Å². The van der Waals surface area contributed by atoms with E-state index >= 15 is 0 Å². The van der Waals surface area contributed by atoms with E-state index in [9.17, 15) is 18.0 Å². The summed E-state index contributed by atoms with van der Waals surface area (Å²) in [6, 6.07) is 10.3. The number of hydrogen-bond donors (Lipinski definition) is 1. The third-order valence-corrected chi connectivity index (χ3v) is 3.38. The summed E-state index contributed by atoms with van der Waals surface area (Å²) in [5.74, 6) is 0. The fourth-order valence-electron chi connectivity index (χ4n) is 2.39. The molecule has 0 saturated heterocycles. The van der Waals surface area contributed by atoms with Crippen LogP contribution in [0.25, 0.3) is 22.0 Å². The van der Waals surface area contributed by atoms with Gasteiger partial charge in [-0.15, -0.1) is 0 Å². The minimum Gasteiger partial charge on any atom is -0.360 e. The van der Waals surface area contributed by atoms with Crippen LogP contribution in [-0.4, -0.2) is 11.3 Å². The standard InChI is InChI=1S/C16H10F3NO/c17-16(18,19)14-4-2-1-3-12(14)10-5-6-15-13(7-10)11(9-21)8-20-15/h1-9,20H. The van der Waals surface area contributed by atoms with Gasteiger partial charge in [-0.05, 0) is 29.3 Å². The highest BCUT2D eigenvalue weighted by Gasteiger charge is 2.33. The smallest absolute Gasteiger partial charge is 0.360 e. The van der Waals surface area contributed by atoms with Crippen LogP contribution in [0.3, 0.4) is 0 Å². The molecule has 2 nitrogen and oxygen atoms in total. The molecule has 0 fully saturated rings. The second-order valence-electron chi connectivity index (χ2n) is 4.67. The molecule has 0 saturated carbocycles. The highest BCUT2D eigenvalue weighted by Crippen LogP contribution is 2.37. The predicted molar refractivity (Wildman–Crippen MR) is 74.1 cm³/mol. The lowest BCUT2D eigenvalue weighted by Gasteiger charge is -2.12. The second-order valence-corrected chi connectivity index (χ2v) is 4.67.